The number of pyridine rings is 1. The highest BCUT2D eigenvalue weighted by atomic mass is 32.2. The van der Waals surface area contributed by atoms with E-state index in [9.17, 15) is 9.00 Å². The maximum absolute atomic E-state index is 12.6. The molecule has 2 heterocycles. The lowest BCUT2D eigenvalue weighted by Crippen LogP contribution is -2.12. The van der Waals surface area contributed by atoms with Gasteiger partial charge in [-0.25, -0.2) is 14.2 Å². The Labute approximate surface area is 193 Å². The Morgan fingerprint density at radius 3 is 2.61 bits per heavy atom. The fraction of sp³-hybridized carbons (Fsp3) is 0.0833. The summed E-state index contributed by atoms with van der Waals surface area (Å²) in [6.07, 6.45) is 5.12. The van der Waals surface area contributed by atoms with Crippen molar-refractivity contribution < 1.29 is 13.6 Å². The van der Waals surface area contributed by atoms with E-state index in [2.05, 4.69) is 25.6 Å². The summed E-state index contributed by atoms with van der Waals surface area (Å²) in [5.74, 6) is 0.176. The second kappa shape index (κ2) is 10.1. The molecule has 0 saturated heterocycles. The number of nitrogens with one attached hydrogen (secondary N) is 2. The molecule has 1 amide bonds. The summed E-state index contributed by atoms with van der Waals surface area (Å²) in [5.41, 5.74) is 5.10. The number of hydrogen-bond acceptors (Lipinski definition) is 6. The molecule has 0 radical (unpaired) electrons. The predicted octanol–water partition coefficient (Wildman–Crippen LogP) is 4.56. The smallest absolute Gasteiger partial charge is 0.255 e. The first kappa shape index (κ1) is 22.3. The zero-order valence-corrected chi connectivity index (χ0v) is 18.5. The minimum atomic E-state index is -1.92. The minimum Gasteiger partial charge on any atom is -0.324 e. The summed E-state index contributed by atoms with van der Waals surface area (Å²) >= 11 is -1.92. The van der Waals surface area contributed by atoms with Crippen LogP contribution in [-0.2, 0) is 16.8 Å². The number of rotatable bonds is 7. The van der Waals surface area contributed by atoms with Gasteiger partial charge < -0.3 is 15.2 Å². The molecule has 9 heteroatoms. The number of hydrogen-bond donors (Lipinski definition) is 3. The second-order valence-corrected chi connectivity index (χ2v) is 8.21. The van der Waals surface area contributed by atoms with E-state index in [0.717, 1.165) is 22.5 Å². The van der Waals surface area contributed by atoms with Crippen LogP contribution in [0.25, 0.3) is 11.3 Å². The average Bonchev–Trinajstić information content (AvgIpc) is 2.82. The van der Waals surface area contributed by atoms with Crippen LogP contribution < -0.4 is 10.6 Å². The lowest BCUT2D eigenvalue weighted by atomic mass is 10.1. The molecular formula is C24H21N5O3S. The molecule has 8 nitrogen and oxygen atoms in total. The number of carbonyl (C=O) groups excluding carboxylic acids is 1. The molecule has 0 saturated carbocycles. The van der Waals surface area contributed by atoms with E-state index in [-0.39, 0.29) is 11.7 Å². The van der Waals surface area contributed by atoms with Gasteiger partial charge >= 0.3 is 0 Å². The molecule has 2 aromatic heterocycles. The molecule has 2 aromatic carbocycles. The fourth-order valence-electron chi connectivity index (χ4n) is 3.15. The Kier molecular flexibility index (Phi) is 6.82. The molecule has 0 aliphatic heterocycles. The van der Waals surface area contributed by atoms with Crippen molar-refractivity contribution in [3.8, 4) is 11.3 Å². The van der Waals surface area contributed by atoms with Crippen molar-refractivity contribution in [1.82, 2.24) is 15.0 Å². The highest BCUT2D eigenvalue weighted by Gasteiger charge is 2.10. The number of benzene rings is 2. The first-order valence-electron chi connectivity index (χ1n) is 10.1. The first-order valence-corrected chi connectivity index (χ1v) is 11.3. The first-order chi connectivity index (χ1) is 16.0. The number of anilines is 3. The third-order valence-corrected chi connectivity index (χ3v) is 5.44. The van der Waals surface area contributed by atoms with Crippen molar-refractivity contribution in [3.05, 3.63) is 95.9 Å². The molecule has 0 aliphatic carbocycles. The Hall–Kier alpha value is -3.95. The van der Waals surface area contributed by atoms with Gasteiger partial charge in [-0.1, -0.05) is 18.2 Å². The summed E-state index contributed by atoms with van der Waals surface area (Å²) in [7, 11) is 0. The molecule has 4 rings (SSSR count). The largest absolute Gasteiger partial charge is 0.324 e. The molecule has 1 unspecified atom stereocenters. The van der Waals surface area contributed by atoms with Crippen LogP contribution in [0.5, 0.6) is 0 Å². The van der Waals surface area contributed by atoms with Crippen molar-refractivity contribution in [3.63, 3.8) is 0 Å². The van der Waals surface area contributed by atoms with Crippen molar-refractivity contribution in [2.24, 2.45) is 0 Å². The standard InChI is InChI=1S/C24H21N5O3S/c1-16-4-9-20(27-23(30)18-7-5-17(6-8-18)15-33(31)32)13-22(16)29-24-26-12-10-21(28-24)19-3-2-11-25-14-19/h2-14H,15H2,1H3,(H,27,30)(H,31,32)(H,26,28,29). The third-order valence-electron chi connectivity index (χ3n) is 4.86. The number of amides is 1. The van der Waals surface area contributed by atoms with Crippen LogP contribution in [0.4, 0.5) is 17.3 Å². The van der Waals surface area contributed by atoms with Crippen LogP contribution in [0.1, 0.15) is 21.5 Å². The highest BCUT2D eigenvalue weighted by molar-refractivity contribution is 7.78. The van der Waals surface area contributed by atoms with Gasteiger partial charge in [-0.2, -0.15) is 0 Å². The summed E-state index contributed by atoms with van der Waals surface area (Å²) < 4.78 is 19.9. The van der Waals surface area contributed by atoms with Gasteiger partial charge in [0.1, 0.15) is 0 Å². The van der Waals surface area contributed by atoms with Gasteiger partial charge in [-0.05, 0) is 60.5 Å². The van der Waals surface area contributed by atoms with Crippen LogP contribution >= 0.6 is 0 Å². The SMILES string of the molecule is Cc1ccc(NC(=O)c2ccc(CS(=O)O)cc2)cc1Nc1nccc(-c2cccnc2)n1. The number of aryl methyl sites for hydroxylation is 1. The summed E-state index contributed by atoms with van der Waals surface area (Å²) in [6, 6.07) is 17.7. The monoisotopic (exact) mass is 459 g/mol. The summed E-state index contributed by atoms with van der Waals surface area (Å²) in [5, 5.41) is 6.09. The lowest BCUT2D eigenvalue weighted by Gasteiger charge is -2.12. The molecule has 0 aliphatic rings. The normalized spacial score (nSPS) is 11.6. The maximum Gasteiger partial charge on any atom is 0.255 e. The fourth-order valence-corrected chi connectivity index (χ4v) is 3.62. The van der Waals surface area contributed by atoms with Gasteiger partial charge in [0.25, 0.3) is 5.91 Å². The van der Waals surface area contributed by atoms with Crippen molar-refractivity contribution >= 4 is 34.3 Å². The zero-order valence-electron chi connectivity index (χ0n) is 17.7. The zero-order chi connectivity index (χ0) is 23.2. The third kappa shape index (κ3) is 5.85. The van der Waals surface area contributed by atoms with Crippen LogP contribution in [0, 0.1) is 6.92 Å². The highest BCUT2D eigenvalue weighted by Crippen LogP contribution is 2.24. The molecule has 166 valence electrons. The number of aromatic nitrogens is 3. The van der Waals surface area contributed by atoms with E-state index in [1.54, 1.807) is 42.9 Å². The molecule has 0 spiro atoms. The number of nitrogens with zero attached hydrogens (tertiary/aromatic N) is 3. The Balaban J connectivity index is 1.49. The molecule has 4 aromatic rings. The van der Waals surface area contributed by atoms with Crippen molar-refractivity contribution in [1.29, 1.82) is 0 Å². The molecule has 33 heavy (non-hydrogen) atoms. The van der Waals surface area contributed by atoms with E-state index in [1.165, 1.54) is 0 Å². The van der Waals surface area contributed by atoms with Crippen LogP contribution in [0.3, 0.4) is 0 Å². The summed E-state index contributed by atoms with van der Waals surface area (Å²) in [4.78, 5) is 25.6. The Bertz CT molecular complexity index is 1300. The Morgan fingerprint density at radius 2 is 1.88 bits per heavy atom. The van der Waals surface area contributed by atoms with Gasteiger partial charge in [-0.15, -0.1) is 0 Å². The van der Waals surface area contributed by atoms with Gasteiger partial charge in [0.2, 0.25) is 5.95 Å². The van der Waals surface area contributed by atoms with Crippen LogP contribution in [-0.4, -0.2) is 29.6 Å². The van der Waals surface area contributed by atoms with Crippen LogP contribution in [0.15, 0.2) is 79.3 Å². The van der Waals surface area contributed by atoms with Crippen molar-refractivity contribution in [2.45, 2.75) is 12.7 Å². The minimum absolute atomic E-state index is 0.0267. The molecule has 0 fully saturated rings. The van der Waals surface area contributed by atoms with E-state index < -0.39 is 11.1 Å². The molecule has 3 N–H and O–H groups in total. The average molecular weight is 460 g/mol. The predicted molar refractivity (Wildman–Crippen MR) is 129 cm³/mol. The Morgan fingerprint density at radius 1 is 1.06 bits per heavy atom. The summed E-state index contributed by atoms with van der Waals surface area (Å²) in [6.45, 7) is 1.95. The van der Waals surface area contributed by atoms with Crippen molar-refractivity contribution in [2.75, 3.05) is 10.6 Å². The van der Waals surface area contributed by atoms with Gasteiger partial charge in [0.15, 0.2) is 11.1 Å². The van der Waals surface area contributed by atoms with E-state index >= 15 is 0 Å². The van der Waals surface area contributed by atoms with Gasteiger partial charge in [-0.3, -0.25) is 9.78 Å². The van der Waals surface area contributed by atoms with Gasteiger partial charge in [0, 0.05) is 41.1 Å². The van der Waals surface area contributed by atoms with Gasteiger partial charge in [0.05, 0.1) is 11.4 Å². The maximum atomic E-state index is 12.6. The topological polar surface area (TPSA) is 117 Å². The second-order valence-electron chi connectivity index (χ2n) is 7.28. The molecule has 0 bridgehead atoms. The van der Waals surface area contributed by atoms with E-state index in [4.69, 9.17) is 4.55 Å². The van der Waals surface area contributed by atoms with E-state index in [0.29, 0.717) is 22.8 Å². The lowest BCUT2D eigenvalue weighted by molar-refractivity contribution is 0.102. The van der Waals surface area contributed by atoms with Crippen LogP contribution in [0.2, 0.25) is 0 Å². The molecule has 1 atom stereocenters. The number of carbonyl (C=O) groups is 1. The molecular weight excluding hydrogens is 438 g/mol. The van der Waals surface area contributed by atoms with E-state index in [1.807, 2.05) is 43.3 Å². The quantitative estimate of drug-likeness (QED) is 0.347.